The normalized spacial score (nSPS) is 17.2. The minimum Gasteiger partial charge on any atom is -0.491 e. The molecule has 2 aromatic carbocycles. The van der Waals surface area contributed by atoms with Gasteiger partial charge in [0.1, 0.15) is 24.7 Å². The number of nitrogens with one attached hydrogen (secondary N) is 2. The fourth-order valence-electron chi connectivity index (χ4n) is 3.88. The lowest BCUT2D eigenvalue weighted by Crippen LogP contribution is -2.43. The highest BCUT2D eigenvalue weighted by molar-refractivity contribution is 6.31. The summed E-state index contributed by atoms with van der Waals surface area (Å²) in [6.45, 7) is 2.22. The van der Waals surface area contributed by atoms with Crippen molar-refractivity contribution in [2.24, 2.45) is 0 Å². The van der Waals surface area contributed by atoms with Gasteiger partial charge in [-0.1, -0.05) is 11.6 Å². The Morgan fingerprint density at radius 1 is 0.971 bits per heavy atom. The zero-order valence-electron chi connectivity index (χ0n) is 18.9. The number of rotatable bonds is 1. The van der Waals surface area contributed by atoms with Gasteiger partial charge in [-0.15, -0.1) is 0 Å². The van der Waals surface area contributed by atoms with Gasteiger partial charge in [0.25, 0.3) is 11.8 Å². The minimum absolute atomic E-state index is 0.100. The van der Waals surface area contributed by atoms with Gasteiger partial charge in [0.15, 0.2) is 0 Å². The van der Waals surface area contributed by atoms with E-state index in [0.717, 1.165) is 12.2 Å². The molecule has 0 spiro atoms. The fourth-order valence-corrected chi connectivity index (χ4v) is 4.05. The van der Waals surface area contributed by atoms with Crippen molar-refractivity contribution in [1.29, 1.82) is 0 Å². The number of carbonyl (C=O) groups excluding carboxylic acids is 3. The van der Waals surface area contributed by atoms with Crippen LogP contribution in [0.4, 0.5) is 5.69 Å². The van der Waals surface area contributed by atoms with E-state index in [1.54, 1.807) is 30.3 Å². The van der Waals surface area contributed by atoms with Crippen molar-refractivity contribution in [3.8, 4) is 11.5 Å². The van der Waals surface area contributed by atoms with Gasteiger partial charge in [-0.3, -0.25) is 14.4 Å². The molecule has 3 amide bonds. The molecule has 10 heteroatoms. The second-order valence-electron chi connectivity index (χ2n) is 8.13. The summed E-state index contributed by atoms with van der Waals surface area (Å²) in [6, 6.07) is 10.1. The third kappa shape index (κ3) is 5.53. The first-order chi connectivity index (χ1) is 16.4. The van der Waals surface area contributed by atoms with Crippen LogP contribution < -0.4 is 25.0 Å². The van der Waals surface area contributed by atoms with Crippen molar-refractivity contribution in [3.63, 3.8) is 0 Å². The van der Waals surface area contributed by atoms with E-state index in [1.165, 1.54) is 4.90 Å². The van der Waals surface area contributed by atoms with Crippen LogP contribution >= 0.6 is 11.6 Å². The monoisotopic (exact) mass is 486 g/mol. The van der Waals surface area contributed by atoms with Crippen LogP contribution in [0.1, 0.15) is 27.1 Å². The Balaban J connectivity index is 1.49. The average molecular weight is 487 g/mol. The molecule has 34 heavy (non-hydrogen) atoms. The van der Waals surface area contributed by atoms with Crippen LogP contribution in [-0.2, 0) is 4.79 Å². The standard InChI is InChI=1S/C24H27ClN4O5/c1-28-10-12-34-21-13-16(3-5-19(21)28)24(32)29-9-2-7-27-23(31)18-14-17(25)4-6-20(18)33-11-8-26-22(30)15-29/h3-6,13-14H,2,7-12,15H2,1H3,(H,26,30)(H,27,31). The highest BCUT2D eigenvalue weighted by Gasteiger charge is 2.23. The summed E-state index contributed by atoms with van der Waals surface area (Å²) in [5.41, 5.74) is 1.69. The van der Waals surface area contributed by atoms with Gasteiger partial charge in [-0.25, -0.2) is 0 Å². The molecule has 4 rings (SSSR count). The molecule has 2 aliphatic heterocycles. The molecule has 0 radical (unpaired) electrons. The second-order valence-corrected chi connectivity index (χ2v) is 8.56. The molecule has 9 nitrogen and oxygen atoms in total. The lowest BCUT2D eigenvalue weighted by Gasteiger charge is -2.28. The lowest BCUT2D eigenvalue weighted by atomic mass is 10.1. The van der Waals surface area contributed by atoms with Crippen molar-refractivity contribution in [2.75, 3.05) is 57.9 Å². The van der Waals surface area contributed by atoms with Crippen molar-refractivity contribution in [1.82, 2.24) is 15.5 Å². The molecule has 0 saturated carbocycles. The Kier molecular flexibility index (Phi) is 7.42. The molecular weight excluding hydrogens is 460 g/mol. The summed E-state index contributed by atoms with van der Waals surface area (Å²) >= 11 is 6.05. The summed E-state index contributed by atoms with van der Waals surface area (Å²) in [4.78, 5) is 42.0. The highest BCUT2D eigenvalue weighted by Crippen LogP contribution is 2.31. The Labute approximate surface area is 202 Å². The topological polar surface area (TPSA) is 100 Å². The summed E-state index contributed by atoms with van der Waals surface area (Å²) < 4.78 is 11.4. The molecule has 0 aromatic heterocycles. The molecule has 180 valence electrons. The van der Waals surface area contributed by atoms with E-state index in [-0.39, 0.29) is 37.4 Å². The number of benzene rings is 2. The molecular formula is C24H27ClN4O5. The van der Waals surface area contributed by atoms with E-state index >= 15 is 0 Å². The van der Waals surface area contributed by atoms with E-state index < -0.39 is 0 Å². The van der Waals surface area contributed by atoms with Crippen molar-refractivity contribution >= 4 is 35.0 Å². The number of hydrogen-bond donors (Lipinski definition) is 2. The Bertz CT molecular complexity index is 1090. The number of amides is 3. The van der Waals surface area contributed by atoms with Gasteiger partial charge in [-0.05, 0) is 42.8 Å². The number of halogens is 1. The van der Waals surface area contributed by atoms with Crippen molar-refractivity contribution in [2.45, 2.75) is 6.42 Å². The first kappa shape index (κ1) is 23.7. The second kappa shape index (κ2) is 10.6. The summed E-state index contributed by atoms with van der Waals surface area (Å²) in [5, 5.41) is 6.02. The maximum absolute atomic E-state index is 13.3. The summed E-state index contributed by atoms with van der Waals surface area (Å²) in [6.07, 6.45) is 0.464. The van der Waals surface area contributed by atoms with Gasteiger partial charge in [0.2, 0.25) is 5.91 Å². The van der Waals surface area contributed by atoms with E-state index in [1.807, 2.05) is 13.1 Å². The van der Waals surface area contributed by atoms with E-state index in [9.17, 15) is 14.4 Å². The first-order valence-electron chi connectivity index (χ1n) is 11.2. The SMILES string of the molecule is CN1CCOc2cc(C(=O)N3CCCNC(=O)c4cc(Cl)ccc4OCCNC(=O)C3)ccc21. The summed E-state index contributed by atoms with van der Waals surface area (Å²) in [7, 11) is 1.97. The summed E-state index contributed by atoms with van der Waals surface area (Å²) in [5.74, 6) is 0.162. The molecule has 0 atom stereocenters. The van der Waals surface area contributed by atoms with Crippen LogP contribution in [0, 0.1) is 0 Å². The van der Waals surface area contributed by atoms with Gasteiger partial charge in [0.05, 0.1) is 30.9 Å². The third-order valence-electron chi connectivity index (χ3n) is 5.68. The average Bonchev–Trinajstić information content (AvgIpc) is 2.83. The zero-order chi connectivity index (χ0) is 24.1. The third-order valence-corrected chi connectivity index (χ3v) is 5.92. The molecule has 0 aliphatic carbocycles. The maximum atomic E-state index is 13.3. The Hall–Kier alpha value is -3.46. The Morgan fingerprint density at radius 2 is 1.79 bits per heavy atom. The van der Waals surface area contributed by atoms with E-state index in [2.05, 4.69) is 15.5 Å². The molecule has 2 N–H and O–H groups in total. The van der Waals surface area contributed by atoms with E-state index in [4.69, 9.17) is 21.1 Å². The molecule has 0 bridgehead atoms. The smallest absolute Gasteiger partial charge is 0.255 e. The Morgan fingerprint density at radius 3 is 2.65 bits per heavy atom. The lowest BCUT2D eigenvalue weighted by molar-refractivity contribution is -0.121. The number of carbonyl (C=O) groups is 3. The number of hydrogen-bond acceptors (Lipinski definition) is 6. The fraction of sp³-hybridized carbons (Fsp3) is 0.375. The predicted octanol–water partition coefficient (Wildman–Crippen LogP) is 1.94. The predicted molar refractivity (Wildman–Crippen MR) is 128 cm³/mol. The van der Waals surface area contributed by atoms with Crippen LogP contribution in [-0.4, -0.2) is 75.6 Å². The number of nitrogens with zero attached hydrogens (tertiary/aromatic N) is 2. The first-order valence-corrected chi connectivity index (χ1v) is 11.5. The van der Waals surface area contributed by atoms with Crippen LogP contribution in [0.5, 0.6) is 11.5 Å². The van der Waals surface area contributed by atoms with Crippen molar-refractivity contribution < 1.29 is 23.9 Å². The number of fused-ring (bicyclic) bond motifs is 2. The number of ether oxygens (including phenoxy) is 2. The van der Waals surface area contributed by atoms with E-state index in [0.29, 0.717) is 53.8 Å². The van der Waals surface area contributed by atoms with Gasteiger partial charge in [0, 0.05) is 30.7 Å². The van der Waals surface area contributed by atoms with Crippen LogP contribution in [0.25, 0.3) is 0 Å². The quantitative estimate of drug-likeness (QED) is 0.639. The van der Waals surface area contributed by atoms with Crippen LogP contribution in [0.15, 0.2) is 36.4 Å². The molecule has 2 aliphatic rings. The molecule has 0 unspecified atom stereocenters. The van der Waals surface area contributed by atoms with Gasteiger partial charge < -0.3 is 29.9 Å². The number of likely N-dealkylation sites (N-methyl/N-ethyl adjacent to an activating group) is 1. The molecule has 2 aromatic rings. The largest absolute Gasteiger partial charge is 0.491 e. The molecule has 0 fully saturated rings. The van der Waals surface area contributed by atoms with Crippen LogP contribution in [0.3, 0.4) is 0 Å². The van der Waals surface area contributed by atoms with Crippen molar-refractivity contribution in [3.05, 3.63) is 52.5 Å². The minimum atomic E-state index is -0.313. The zero-order valence-corrected chi connectivity index (χ0v) is 19.7. The van der Waals surface area contributed by atoms with Crippen LogP contribution in [0.2, 0.25) is 5.02 Å². The number of anilines is 1. The maximum Gasteiger partial charge on any atom is 0.255 e. The molecule has 2 heterocycles. The van der Waals surface area contributed by atoms with Gasteiger partial charge in [-0.2, -0.15) is 0 Å². The van der Waals surface area contributed by atoms with Gasteiger partial charge >= 0.3 is 0 Å². The molecule has 0 saturated heterocycles. The highest BCUT2D eigenvalue weighted by atomic mass is 35.5.